The molecule has 5 heteroatoms. The van der Waals surface area contributed by atoms with Crippen molar-refractivity contribution in [3.63, 3.8) is 0 Å². The maximum atomic E-state index is 12.0. The summed E-state index contributed by atoms with van der Waals surface area (Å²) in [4.78, 5) is 25.8. The standard InChI is InChI=1S/C16H22N2O2S/c1-16(2)6-5-13-10(8-16)7-11(21-13)9-17-15(20)12-3-4-14(19)18-12/h7,12H,3-6,8-9H2,1-2H3,(H,17,20)(H,18,19)/t12-/m1/s1. The minimum absolute atomic E-state index is 0.0241. The van der Waals surface area contributed by atoms with E-state index in [1.165, 1.54) is 21.7 Å². The summed E-state index contributed by atoms with van der Waals surface area (Å²) in [5, 5.41) is 5.65. The Balaban J connectivity index is 1.58. The van der Waals surface area contributed by atoms with Gasteiger partial charge in [0.05, 0.1) is 6.54 Å². The van der Waals surface area contributed by atoms with Crippen LogP contribution >= 0.6 is 11.3 Å². The average molecular weight is 306 g/mol. The van der Waals surface area contributed by atoms with Gasteiger partial charge in [-0.25, -0.2) is 0 Å². The molecule has 2 aliphatic rings. The second-order valence-corrected chi connectivity index (χ2v) is 8.10. The number of carbonyl (C=O) groups is 2. The molecule has 1 aromatic heterocycles. The molecular formula is C16H22N2O2S. The van der Waals surface area contributed by atoms with Crippen molar-refractivity contribution in [1.29, 1.82) is 0 Å². The van der Waals surface area contributed by atoms with Gasteiger partial charge in [0.2, 0.25) is 11.8 Å². The molecule has 0 aromatic carbocycles. The Kier molecular flexibility index (Phi) is 3.78. The lowest BCUT2D eigenvalue weighted by atomic mass is 9.77. The predicted octanol–water partition coefficient (Wildman–Crippen LogP) is 2.16. The summed E-state index contributed by atoms with van der Waals surface area (Å²) in [7, 11) is 0. The van der Waals surface area contributed by atoms with Crippen LogP contribution in [0.2, 0.25) is 0 Å². The number of hydrogen-bond donors (Lipinski definition) is 2. The van der Waals surface area contributed by atoms with Gasteiger partial charge in [-0.05, 0) is 42.7 Å². The van der Waals surface area contributed by atoms with E-state index >= 15 is 0 Å². The molecule has 0 unspecified atom stereocenters. The van der Waals surface area contributed by atoms with E-state index in [4.69, 9.17) is 0 Å². The van der Waals surface area contributed by atoms with Crippen molar-refractivity contribution in [2.75, 3.05) is 0 Å². The second kappa shape index (κ2) is 5.44. The third kappa shape index (κ3) is 3.28. The third-order valence-corrected chi connectivity index (χ3v) is 5.63. The van der Waals surface area contributed by atoms with Crippen molar-refractivity contribution in [2.45, 2.75) is 58.5 Å². The van der Waals surface area contributed by atoms with Gasteiger partial charge in [-0.2, -0.15) is 0 Å². The number of nitrogens with one attached hydrogen (secondary N) is 2. The van der Waals surface area contributed by atoms with Crippen LogP contribution in [-0.2, 0) is 29.0 Å². The van der Waals surface area contributed by atoms with Gasteiger partial charge in [0.15, 0.2) is 0 Å². The number of aryl methyl sites for hydroxylation is 1. The van der Waals surface area contributed by atoms with E-state index < -0.39 is 0 Å². The first-order valence-electron chi connectivity index (χ1n) is 7.60. The molecule has 0 bridgehead atoms. The summed E-state index contributed by atoms with van der Waals surface area (Å²) in [5.41, 5.74) is 1.84. The van der Waals surface area contributed by atoms with Crippen LogP contribution in [0.4, 0.5) is 0 Å². The van der Waals surface area contributed by atoms with Crippen LogP contribution in [0.15, 0.2) is 6.07 Å². The average Bonchev–Trinajstić information content (AvgIpc) is 3.00. The van der Waals surface area contributed by atoms with Crippen molar-refractivity contribution < 1.29 is 9.59 Å². The molecule has 21 heavy (non-hydrogen) atoms. The van der Waals surface area contributed by atoms with Crippen LogP contribution < -0.4 is 10.6 Å². The molecule has 2 amide bonds. The number of fused-ring (bicyclic) bond motifs is 1. The predicted molar refractivity (Wildman–Crippen MR) is 83.1 cm³/mol. The van der Waals surface area contributed by atoms with Gasteiger partial charge in [-0.3, -0.25) is 9.59 Å². The monoisotopic (exact) mass is 306 g/mol. The van der Waals surface area contributed by atoms with Crippen LogP contribution in [0.3, 0.4) is 0 Å². The van der Waals surface area contributed by atoms with Crippen molar-refractivity contribution in [1.82, 2.24) is 10.6 Å². The lowest BCUT2D eigenvalue weighted by Gasteiger charge is -2.29. The topological polar surface area (TPSA) is 58.2 Å². The molecule has 1 aliphatic carbocycles. The fourth-order valence-corrected chi connectivity index (χ4v) is 4.27. The van der Waals surface area contributed by atoms with Crippen LogP contribution in [0.1, 0.15) is 48.4 Å². The summed E-state index contributed by atoms with van der Waals surface area (Å²) < 4.78 is 0. The molecule has 1 atom stereocenters. The number of rotatable bonds is 3. The van der Waals surface area contributed by atoms with Gasteiger partial charge < -0.3 is 10.6 Å². The van der Waals surface area contributed by atoms with Crippen molar-refractivity contribution >= 4 is 23.2 Å². The van der Waals surface area contributed by atoms with Crippen LogP contribution in [0.25, 0.3) is 0 Å². The van der Waals surface area contributed by atoms with Gasteiger partial charge in [-0.15, -0.1) is 11.3 Å². The molecule has 0 radical (unpaired) electrons. The van der Waals surface area contributed by atoms with E-state index in [0.29, 0.717) is 24.8 Å². The first kappa shape index (κ1) is 14.6. The largest absolute Gasteiger partial charge is 0.349 e. The Morgan fingerprint density at radius 2 is 2.29 bits per heavy atom. The summed E-state index contributed by atoms with van der Waals surface area (Å²) in [6.07, 6.45) is 4.59. The molecule has 3 rings (SSSR count). The Labute approximate surface area is 129 Å². The molecule has 1 aromatic rings. The van der Waals surface area contributed by atoms with Gasteiger partial charge in [0.25, 0.3) is 0 Å². The summed E-state index contributed by atoms with van der Waals surface area (Å²) in [6.45, 7) is 5.21. The maximum absolute atomic E-state index is 12.0. The molecule has 1 aliphatic heterocycles. The highest BCUT2D eigenvalue weighted by molar-refractivity contribution is 7.12. The molecule has 2 heterocycles. The van der Waals surface area contributed by atoms with Gasteiger partial charge >= 0.3 is 0 Å². The highest BCUT2D eigenvalue weighted by Gasteiger charge is 2.28. The normalized spacial score (nSPS) is 23.5. The highest BCUT2D eigenvalue weighted by atomic mass is 32.1. The van der Waals surface area contributed by atoms with E-state index in [9.17, 15) is 9.59 Å². The molecule has 114 valence electrons. The molecule has 1 fully saturated rings. The number of thiophene rings is 1. The molecule has 1 saturated heterocycles. The molecule has 2 N–H and O–H groups in total. The van der Waals surface area contributed by atoms with E-state index in [1.54, 1.807) is 0 Å². The van der Waals surface area contributed by atoms with Gasteiger partial charge in [-0.1, -0.05) is 13.8 Å². The van der Waals surface area contributed by atoms with Crippen molar-refractivity contribution in [3.8, 4) is 0 Å². The van der Waals surface area contributed by atoms with Gasteiger partial charge in [0.1, 0.15) is 6.04 Å². The highest BCUT2D eigenvalue weighted by Crippen LogP contribution is 2.38. The first-order chi connectivity index (χ1) is 9.93. The lowest BCUT2D eigenvalue weighted by Crippen LogP contribution is -2.41. The molecule has 4 nitrogen and oxygen atoms in total. The Hall–Kier alpha value is -1.36. The zero-order chi connectivity index (χ0) is 15.0. The second-order valence-electron chi connectivity index (χ2n) is 6.88. The SMILES string of the molecule is CC1(C)CCc2sc(CNC(=O)[C@H]3CCC(=O)N3)cc2C1. The lowest BCUT2D eigenvalue weighted by molar-refractivity contribution is -0.125. The van der Waals surface area contributed by atoms with E-state index in [2.05, 4.69) is 30.5 Å². The van der Waals surface area contributed by atoms with Crippen LogP contribution in [0.5, 0.6) is 0 Å². The molecular weight excluding hydrogens is 284 g/mol. The van der Waals surface area contributed by atoms with E-state index in [1.807, 2.05) is 11.3 Å². The number of hydrogen-bond acceptors (Lipinski definition) is 3. The number of amides is 2. The molecule has 0 saturated carbocycles. The smallest absolute Gasteiger partial charge is 0.242 e. The van der Waals surface area contributed by atoms with Crippen LogP contribution in [0, 0.1) is 5.41 Å². The van der Waals surface area contributed by atoms with Crippen LogP contribution in [-0.4, -0.2) is 17.9 Å². The fourth-order valence-electron chi connectivity index (χ4n) is 3.14. The van der Waals surface area contributed by atoms with Crippen molar-refractivity contribution in [3.05, 3.63) is 21.4 Å². The zero-order valence-electron chi connectivity index (χ0n) is 12.6. The number of carbonyl (C=O) groups excluding carboxylic acids is 2. The Bertz CT molecular complexity index is 577. The van der Waals surface area contributed by atoms with E-state index in [0.717, 1.165) is 12.8 Å². The minimum Gasteiger partial charge on any atom is -0.349 e. The minimum atomic E-state index is -0.342. The fraction of sp³-hybridized carbons (Fsp3) is 0.625. The Morgan fingerprint density at radius 1 is 1.48 bits per heavy atom. The van der Waals surface area contributed by atoms with E-state index in [-0.39, 0.29) is 17.9 Å². The zero-order valence-corrected chi connectivity index (χ0v) is 13.4. The maximum Gasteiger partial charge on any atom is 0.242 e. The first-order valence-corrected chi connectivity index (χ1v) is 8.42. The summed E-state index contributed by atoms with van der Waals surface area (Å²) in [6, 6.07) is 1.90. The quantitative estimate of drug-likeness (QED) is 0.899. The Morgan fingerprint density at radius 3 is 3.00 bits per heavy atom. The third-order valence-electron chi connectivity index (χ3n) is 4.39. The van der Waals surface area contributed by atoms with Gasteiger partial charge in [0, 0.05) is 16.2 Å². The summed E-state index contributed by atoms with van der Waals surface area (Å²) in [5.74, 6) is -0.0866. The summed E-state index contributed by atoms with van der Waals surface area (Å²) >= 11 is 1.82. The van der Waals surface area contributed by atoms with Crippen molar-refractivity contribution in [2.24, 2.45) is 5.41 Å². The molecule has 0 spiro atoms.